The van der Waals surface area contributed by atoms with E-state index in [1.165, 1.54) is 0 Å². The monoisotopic (exact) mass is 287 g/mol. The molecule has 1 unspecified atom stereocenters. The van der Waals surface area contributed by atoms with Crippen LogP contribution in [0.2, 0.25) is 5.02 Å². The van der Waals surface area contributed by atoms with E-state index >= 15 is 0 Å². The van der Waals surface area contributed by atoms with Crippen molar-refractivity contribution < 1.29 is 4.79 Å². The first-order chi connectivity index (χ1) is 7.04. The van der Waals surface area contributed by atoms with Crippen molar-refractivity contribution in [2.75, 3.05) is 0 Å². The highest BCUT2D eigenvalue weighted by atomic mass is 79.9. The molecule has 15 heavy (non-hydrogen) atoms. The van der Waals surface area contributed by atoms with Crippen LogP contribution < -0.4 is 5.32 Å². The maximum Gasteiger partial charge on any atom is 0.251 e. The Labute approximate surface area is 102 Å². The molecule has 1 aromatic carbocycles. The summed E-state index contributed by atoms with van der Waals surface area (Å²) in [6.45, 7) is 5.45. The molecular formula is C11H11BrClNO. The number of nitrogens with one attached hydrogen (secondary N) is 1. The van der Waals surface area contributed by atoms with E-state index in [-0.39, 0.29) is 11.9 Å². The van der Waals surface area contributed by atoms with Crippen molar-refractivity contribution in [2.24, 2.45) is 0 Å². The van der Waals surface area contributed by atoms with Gasteiger partial charge in [0.25, 0.3) is 5.91 Å². The first kappa shape index (κ1) is 12.3. The first-order valence-corrected chi connectivity index (χ1v) is 5.60. The van der Waals surface area contributed by atoms with Gasteiger partial charge in [-0.25, -0.2) is 0 Å². The predicted octanol–water partition coefficient (Wildman–Crippen LogP) is 3.41. The van der Waals surface area contributed by atoms with Crippen molar-refractivity contribution >= 4 is 33.4 Å². The van der Waals surface area contributed by atoms with Crippen LogP contribution in [-0.2, 0) is 0 Å². The number of hydrogen-bond donors (Lipinski definition) is 1. The Bertz CT molecular complexity index is 392. The SMILES string of the molecule is C=CC(C)NC(=O)c1ccc(Cl)c(Br)c1. The fraction of sp³-hybridized carbons (Fsp3) is 0.182. The molecule has 1 aromatic rings. The fourth-order valence-electron chi connectivity index (χ4n) is 0.986. The average molecular weight is 289 g/mol. The van der Waals surface area contributed by atoms with Crippen molar-refractivity contribution in [1.29, 1.82) is 0 Å². The lowest BCUT2D eigenvalue weighted by molar-refractivity contribution is 0.0947. The first-order valence-electron chi connectivity index (χ1n) is 4.43. The summed E-state index contributed by atoms with van der Waals surface area (Å²) in [5.41, 5.74) is 0.569. The predicted molar refractivity (Wildman–Crippen MR) is 66.3 cm³/mol. The van der Waals surface area contributed by atoms with Gasteiger partial charge in [-0.15, -0.1) is 6.58 Å². The van der Waals surface area contributed by atoms with Gasteiger partial charge in [-0.3, -0.25) is 4.79 Å². The van der Waals surface area contributed by atoms with Crippen molar-refractivity contribution in [3.8, 4) is 0 Å². The van der Waals surface area contributed by atoms with Crippen LogP contribution in [0, 0.1) is 0 Å². The van der Waals surface area contributed by atoms with Gasteiger partial charge in [0.05, 0.1) is 5.02 Å². The minimum atomic E-state index is -0.139. The third kappa shape index (κ3) is 3.36. The number of benzene rings is 1. The van der Waals surface area contributed by atoms with Gasteiger partial charge in [-0.1, -0.05) is 17.7 Å². The van der Waals surface area contributed by atoms with Gasteiger partial charge in [0.2, 0.25) is 0 Å². The van der Waals surface area contributed by atoms with Gasteiger partial charge in [0, 0.05) is 16.1 Å². The lowest BCUT2D eigenvalue weighted by Gasteiger charge is -2.09. The molecule has 80 valence electrons. The van der Waals surface area contributed by atoms with Crippen LogP contribution in [0.1, 0.15) is 17.3 Å². The Morgan fingerprint density at radius 2 is 2.33 bits per heavy atom. The van der Waals surface area contributed by atoms with Gasteiger partial charge < -0.3 is 5.32 Å². The lowest BCUT2D eigenvalue weighted by Crippen LogP contribution is -2.30. The molecule has 0 aliphatic carbocycles. The second-order valence-electron chi connectivity index (χ2n) is 3.13. The Morgan fingerprint density at radius 3 is 2.87 bits per heavy atom. The summed E-state index contributed by atoms with van der Waals surface area (Å²) in [6, 6.07) is 5.00. The van der Waals surface area contributed by atoms with Crippen LogP contribution in [-0.4, -0.2) is 11.9 Å². The Kier molecular flexibility index (Phi) is 4.36. The summed E-state index contributed by atoms with van der Waals surface area (Å²) in [4.78, 5) is 11.7. The molecule has 0 radical (unpaired) electrons. The zero-order chi connectivity index (χ0) is 11.4. The maximum absolute atomic E-state index is 11.7. The molecule has 1 amide bonds. The quantitative estimate of drug-likeness (QED) is 0.849. The molecule has 0 aliphatic rings. The second kappa shape index (κ2) is 5.33. The molecule has 0 fully saturated rings. The molecule has 0 aliphatic heterocycles. The number of hydrogen-bond acceptors (Lipinski definition) is 1. The standard InChI is InChI=1S/C11H11BrClNO/c1-3-7(2)14-11(15)8-4-5-10(13)9(12)6-8/h3-7H,1H2,2H3,(H,14,15). The molecule has 0 aromatic heterocycles. The molecule has 1 N–H and O–H groups in total. The average Bonchev–Trinajstić information content (AvgIpc) is 2.21. The van der Waals surface area contributed by atoms with Crippen LogP contribution in [0.25, 0.3) is 0 Å². The molecule has 0 saturated carbocycles. The van der Waals surface area contributed by atoms with E-state index < -0.39 is 0 Å². The Balaban J connectivity index is 2.83. The van der Waals surface area contributed by atoms with Gasteiger partial charge in [-0.2, -0.15) is 0 Å². The van der Waals surface area contributed by atoms with Crippen molar-refractivity contribution in [3.05, 3.63) is 45.9 Å². The number of rotatable bonds is 3. The molecule has 0 saturated heterocycles. The van der Waals surface area contributed by atoms with Gasteiger partial charge in [0.1, 0.15) is 0 Å². The van der Waals surface area contributed by atoms with Crippen molar-refractivity contribution in [2.45, 2.75) is 13.0 Å². The van der Waals surface area contributed by atoms with E-state index in [2.05, 4.69) is 27.8 Å². The summed E-state index contributed by atoms with van der Waals surface area (Å²) < 4.78 is 0.711. The minimum Gasteiger partial charge on any atom is -0.346 e. The van der Waals surface area contributed by atoms with Crippen molar-refractivity contribution in [3.63, 3.8) is 0 Å². The highest BCUT2D eigenvalue weighted by Crippen LogP contribution is 2.23. The van der Waals surface area contributed by atoms with Crippen LogP contribution in [0.15, 0.2) is 35.3 Å². The summed E-state index contributed by atoms with van der Waals surface area (Å²) in [7, 11) is 0. The van der Waals surface area contributed by atoms with Crippen LogP contribution in [0.5, 0.6) is 0 Å². The van der Waals surface area contributed by atoms with E-state index in [1.807, 2.05) is 6.92 Å². The molecule has 0 spiro atoms. The van der Waals surface area contributed by atoms with Crippen LogP contribution in [0.4, 0.5) is 0 Å². The summed E-state index contributed by atoms with van der Waals surface area (Å²) in [6.07, 6.45) is 1.67. The molecule has 1 atom stereocenters. The topological polar surface area (TPSA) is 29.1 Å². The van der Waals surface area contributed by atoms with E-state index in [0.29, 0.717) is 15.1 Å². The number of carbonyl (C=O) groups excluding carboxylic acids is 1. The molecule has 1 rings (SSSR count). The molecule has 0 bridgehead atoms. The summed E-state index contributed by atoms with van der Waals surface area (Å²) >= 11 is 9.09. The lowest BCUT2D eigenvalue weighted by atomic mass is 10.2. The molecule has 0 heterocycles. The summed E-state index contributed by atoms with van der Waals surface area (Å²) in [5, 5.41) is 3.36. The zero-order valence-corrected chi connectivity index (χ0v) is 10.6. The Hall–Kier alpha value is -0.800. The number of halogens is 2. The van der Waals surface area contributed by atoms with Gasteiger partial charge >= 0.3 is 0 Å². The third-order valence-electron chi connectivity index (χ3n) is 1.89. The van der Waals surface area contributed by atoms with Gasteiger partial charge in [-0.05, 0) is 41.1 Å². The third-order valence-corrected chi connectivity index (χ3v) is 3.11. The molecule has 4 heteroatoms. The highest BCUT2D eigenvalue weighted by Gasteiger charge is 2.08. The number of amides is 1. The Morgan fingerprint density at radius 1 is 1.67 bits per heavy atom. The number of carbonyl (C=O) groups is 1. The zero-order valence-electron chi connectivity index (χ0n) is 8.26. The minimum absolute atomic E-state index is 0.0491. The fourth-order valence-corrected chi connectivity index (χ4v) is 1.48. The molecule has 2 nitrogen and oxygen atoms in total. The van der Waals surface area contributed by atoms with Crippen molar-refractivity contribution in [1.82, 2.24) is 5.32 Å². The van der Waals surface area contributed by atoms with Crippen LogP contribution in [0.3, 0.4) is 0 Å². The highest BCUT2D eigenvalue weighted by molar-refractivity contribution is 9.10. The normalized spacial score (nSPS) is 11.9. The van der Waals surface area contributed by atoms with E-state index in [1.54, 1.807) is 24.3 Å². The summed E-state index contributed by atoms with van der Waals surface area (Å²) in [5.74, 6) is -0.139. The maximum atomic E-state index is 11.7. The van der Waals surface area contributed by atoms with Gasteiger partial charge in [0.15, 0.2) is 0 Å². The van der Waals surface area contributed by atoms with E-state index in [9.17, 15) is 4.79 Å². The van der Waals surface area contributed by atoms with Crippen LogP contribution >= 0.6 is 27.5 Å². The smallest absolute Gasteiger partial charge is 0.251 e. The van der Waals surface area contributed by atoms with E-state index in [0.717, 1.165) is 0 Å². The largest absolute Gasteiger partial charge is 0.346 e. The molecular weight excluding hydrogens is 277 g/mol. The van der Waals surface area contributed by atoms with E-state index in [4.69, 9.17) is 11.6 Å². The second-order valence-corrected chi connectivity index (χ2v) is 4.39.